The third-order valence-corrected chi connectivity index (χ3v) is 4.63. The molecule has 4 nitrogen and oxygen atoms in total. The van der Waals surface area contributed by atoms with Gasteiger partial charge in [-0.15, -0.1) is 0 Å². The van der Waals surface area contributed by atoms with Gasteiger partial charge in [0.15, 0.2) is 0 Å². The average molecular weight is 267 g/mol. The van der Waals surface area contributed by atoms with Gasteiger partial charge in [-0.2, -0.15) is 0 Å². The predicted octanol–water partition coefficient (Wildman–Crippen LogP) is 1.49. The summed E-state index contributed by atoms with van der Waals surface area (Å²) in [5.41, 5.74) is 6.12. The highest BCUT2D eigenvalue weighted by atomic mass is 16.1. The molecule has 1 amide bonds. The lowest BCUT2D eigenvalue weighted by molar-refractivity contribution is -0.125. The zero-order chi connectivity index (χ0) is 14.0. The second-order valence-electron chi connectivity index (χ2n) is 7.21. The van der Waals surface area contributed by atoms with Crippen molar-refractivity contribution in [3.63, 3.8) is 0 Å². The summed E-state index contributed by atoms with van der Waals surface area (Å²) in [7, 11) is 0. The van der Waals surface area contributed by atoms with Gasteiger partial charge in [0.05, 0.1) is 0 Å². The zero-order valence-corrected chi connectivity index (χ0v) is 12.6. The summed E-state index contributed by atoms with van der Waals surface area (Å²) in [4.78, 5) is 14.7. The Kier molecular flexibility index (Phi) is 4.51. The number of amides is 1. The molecule has 0 spiro atoms. The van der Waals surface area contributed by atoms with Crippen molar-refractivity contribution < 1.29 is 4.79 Å². The maximum Gasteiger partial charge on any atom is 0.223 e. The van der Waals surface area contributed by atoms with Gasteiger partial charge in [0.2, 0.25) is 5.91 Å². The van der Waals surface area contributed by atoms with Gasteiger partial charge >= 0.3 is 0 Å². The van der Waals surface area contributed by atoms with Crippen LogP contribution in [0.1, 0.15) is 52.9 Å². The van der Waals surface area contributed by atoms with Crippen LogP contribution in [0.4, 0.5) is 0 Å². The Labute approximate surface area is 117 Å². The van der Waals surface area contributed by atoms with Crippen molar-refractivity contribution in [1.82, 2.24) is 10.2 Å². The molecule has 1 saturated heterocycles. The molecule has 2 fully saturated rings. The van der Waals surface area contributed by atoms with Crippen LogP contribution in [-0.4, -0.2) is 41.5 Å². The number of piperidine rings is 1. The van der Waals surface area contributed by atoms with Crippen molar-refractivity contribution in [2.75, 3.05) is 13.1 Å². The van der Waals surface area contributed by atoms with E-state index in [2.05, 4.69) is 31.0 Å². The van der Waals surface area contributed by atoms with E-state index in [9.17, 15) is 4.79 Å². The second-order valence-corrected chi connectivity index (χ2v) is 7.21. The molecule has 3 N–H and O–H groups in total. The van der Waals surface area contributed by atoms with Gasteiger partial charge in [-0.3, -0.25) is 9.69 Å². The molecule has 2 aliphatic rings. The number of carbonyl (C=O) groups excluding carboxylic acids is 1. The van der Waals surface area contributed by atoms with E-state index in [-0.39, 0.29) is 23.4 Å². The number of carbonyl (C=O) groups is 1. The standard InChI is InChI=1S/C15H29N3O/c1-15(2,3)18-8-6-13(7-9-18)17-14(19)11-4-5-12(16)10-11/h11-13H,4-10,16H2,1-3H3,(H,17,19). The van der Waals surface area contributed by atoms with Crippen molar-refractivity contribution >= 4 is 5.91 Å². The van der Waals surface area contributed by atoms with Crippen LogP contribution in [0, 0.1) is 5.92 Å². The first kappa shape index (κ1) is 14.8. The van der Waals surface area contributed by atoms with Gasteiger partial charge in [-0.1, -0.05) is 0 Å². The first-order chi connectivity index (χ1) is 8.86. The first-order valence-corrected chi connectivity index (χ1v) is 7.67. The van der Waals surface area contributed by atoms with Crippen molar-refractivity contribution in [2.24, 2.45) is 11.7 Å². The number of hydrogen-bond acceptors (Lipinski definition) is 3. The van der Waals surface area contributed by atoms with Crippen LogP contribution < -0.4 is 11.1 Å². The maximum atomic E-state index is 12.2. The van der Waals surface area contributed by atoms with Crippen molar-refractivity contribution in [2.45, 2.75) is 70.5 Å². The van der Waals surface area contributed by atoms with E-state index in [1.54, 1.807) is 0 Å². The average Bonchev–Trinajstić information content (AvgIpc) is 2.75. The minimum absolute atomic E-state index is 0.163. The van der Waals surface area contributed by atoms with Crippen LogP contribution in [0.3, 0.4) is 0 Å². The Morgan fingerprint density at radius 1 is 1.16 bits per heavy atom. The summed E-state index contributed by atoms with van der Waals surface area (Å²) >= 11 is 0. The number of nitrogens with zero attached hydrogens (tertiary/aromatic N) is 1. The summed E-state index contributed by atoms with van der Waals surface area (Å²) in [6, 6.07) is 0.599. The molecule has 2 atom stereocenters. The predicted molar refractivity (Wildman–Crippen MR) is 77.8 cm³/mol. The monoisotopic (exact) mass is 267 g/mol. The Hall–Kier alpha value is -0.610. The minimum atomic E-state index is 0.163. The third-order valence-electron chi connectivity index (χ3n) is 4.63. The van der Waals surface area contributed by atoms with Crippen LogP contribution in [0.2, 0.25) is 0 Å². The van der Waals surface area contributed by atoms with Gasteiger partial charge in [-0.05, 0) is 52.9 Å². The topological polar surface area (TPSA) is 58.4 Å². The van der Waals surface area contributed by atoms with Crippen LogP contribution in [0.15, 0.2) is 0 Å². The highest BCUT2D eigenvalue weighted by Crippen LogP contribution is 2.25. The molecule has 4 heteroatoms. The number of hydrogen-bond donors (Lipinski definition) is 2. The van der Waals surface area contributed by atoms with Gasteiger partial charge in [0.25, 0.3) is 0 Å². The molecule has 110 valence electrons. The van der Waals surface area contributed by atoms with Crippen molar-refractivity contribution in [1.29, 1.82) is 0 Å². The molecule has 0 radical (unpaired) electrons. The van der Waals surface area contributed by atoms with Crippen LogP contribution in [-0.2, 0) is 4.79 Å². The van der Waals surface area contributed by atoms with Crippen LogP contribution in [0.25, 0.3) is 0 Å². The molecule has 1 aliphatic carbocycles. The zero-order valence-electron chi connectivity index (χ0n) is 12.6. The molecule has 0 aromatic rings. The Morgan fingerprint density at radius 3 is 2.26 bits per heavy atom. The number of nitrogens with two attached hydrogens (primary N) is 1. The number of rotatable bonds is 2. The SMILES string of the molecule is CC(C)(C)N1CCC(NC(=O)C2CCC(N)C2)CC1. The van der Waals surface area contributed by atoms with Gasteiger partial charge < -0.3 is 11.1 Å². The van der Waals surface area contributed by atoms with E-state index in [1.807, 2.05) is 0 Å². The molecular weight excluding hydrogens is 238 g/mol. The fraction of sp³-hybridized carbons (Fsp3) is 0.933. The van der Waals surface area contributed by atoms with Crippen molar-refractivity contribution in [3.8, 4) is 0 Å². The lowest BCUT2D eigenvalue weighted by Gasteiger charge is -2.41. The van der Waals surface area contributed by atoms with Crippen molar-refractivity contribution in [3.05, 3.63) is 0 Å². The molecule has 0 aromatic carbocycles. The van der Waals surface area contributed by atoms with Gasteiger partial charge in [-0.25, -0.2) is 0 Å². The summed E-state index contributed by atoms with van der Waals surface area (Å²) in [6.45, 7) is 8.93. The fourth-order valence-corrected chi connectivity index (χ4v) is 3.27. The number of likely N-dealkylation sites (tertiary alicyclic amines) is 1. The molecule has 0 bridgehead atoms. The fourth-order valence-electron chi connectivity index (χ4n) is 3.27. The van der Waals surface area contributed by atoms with Crippen LogP contribution >= 0.6 is 0 Å². The van der Waals surface area contributed by atoms with Crippen LogP contribution in [0.5, 0.6) is 0 Å². The lowest BCUT2D eigenvalue weighted by atomic mass is 9.97. The molecule has 2 rings (SSSR count). The van der Waals surface area contributed by atoms with E-state index in [0.717, 1.165) is 45.2 Å². The third kappa shape index (κ3) is 3.93. The maximum absolute atomic E-state index is 12.2. The highest BCUT2D eigenvalue weighted by Gasteiger charge is 2.31. The normalized spacial score (nSPS) is 30.5. The number of nitrogens with one attached hydrogen (secondary N) is 1. The highest BCUT2D eigenvalue weighted by molar-refractivity contribution is 5.79. The van der Waals surface area contributed by atoms with E-state index in [4.69, 9.17) is 5.73 Å². The largest absolute Gasteiger partial charge is 0.353 e. The van der Waals surface area contributed by atoms with E-state index < -0.39 is 0 Å². The molecule has 2 unspecified atom stereocenters. The lowest BCUT2D eigenvalue weighted by Crippen LogP contribution is -2.51. The Morgan fingerprint density at radius 2 is 1.79 bits per heavy atom. The Balaban J connectivity index is 1.75. The van der Waals surface area contributed by atoms with E-state index in [0.29, 0.717) is 6.04 Å². The minimum Gasteiger partial charge on any atom is -0.353 e. The molecule has 1 aliphatic heterocycles. The quantitative estimate of drug-likeness (QED) is 0.797. The molecule has 0 aromatic heterocycles. The molecule has 1 heterocycles. The smallest absolute Gasteiger partial charge is 0.223 e. The second kappa shape index (κ2) is 5.80. The first-order valence-electron chi connectivity index (χ1n) is 7.67. The summed E-state index contributed by atoms with van der Waals surface area (Å²) in [5.74, 6) is 0.401. The molecule has 19 heavy (non-hydrogen) atoms. The molecular formula is C15H29N3O. The molecule has 1 saturated carbocycles. The van der Waals surface area contributed by atoms with E-state index >= 15 is 0 Å². The van der Waals surface area contributed by atoms with Gasteiger partial charge in [0, 0.05) is 36.6 Å². The van der Waals surface area contributed by atoms with E-state index in [1.165, 1.54) is 0 Å². The summed E-state index contributed by atoms with van der Waals surface area (Å²) in [6.07, 6.45) is 4.98. The van der Waals surface area contributed by atoms with Gasteiger partial charge in [0.1, 0.15) is 0 Å². The Bertz CT molecular complexity index is 316. The summed E-state index contributed by atoms with van der Waals surface area (Å²) < 4.78 is 0. The summed E-state index contributed by atoms with van der Waals surface area (Å²) in [5, 5.41) is 3.23.